The third-order valence-electron chi connectivity index (χ3n) is 5.14. The topological polar surface area (TPSA) is 144 Å². The second-order valence-electron chi connectivity index (χ2n) is 7.48. The third-order valence-corrected chi connectivity index (χ3v) is 6.22. The Labute approximate surface area is 202 Å². The van der Waals surface area contributed by atoms with E-state index in [0.717, 1.165) is 0 Å². The third kappa shape index (κ3) is 4.75. The van der Waals surface area contributed by atoms with Gasteiger partial charge in [-0.25, -0.2) is 9.97 Å². The Balaban J connectivity index is 1.40. The first-order valence-electron chi connectivity index (χ1n) is 10.5. The quantitative estimate of drug-likeness (QED) is 0.299. The number of furan rings is 1. The van der Waals surface area contributed by atoms with Crippen molar-refractivity contribution >= 4 is 57.5 Å². The molecule has 3 heterocycles. The lowest BCUT2D eigenvalue weighted by molar-refractivity contribution is -0.402. The van der Waals surface area contributed by atoms with Crippen LogP contribution in [0.25, 0.3) is 23.1 Å². The van der Waals surface area contributed by atoms with Gasteiger partial charge in [0.25, 0.3) is 5.91 Å². The summed E-state index contributed by atoms with van der Waals surface area (Å²) >= 11 is 1.40. The molecular formula is C24H17N5O5S. The summed E-state index contributed by atoms with van der Waals surface area (Å²) in [5.74, 6) is 0.730. The van der Waals surface area contributed by atoms with Crippen molar-refractivity contribution in [3.8, 4) is 5.75 Å². The number of para-hydroxylation sites is 2. The highest BCUT2D eigenvalue weighted by atomic mass is 32.2. The zero-order chi connectivity index (χ0) is 24.4. The first kappa shape index (κ1) is 22.3. The first-order chi connectivity index (χ1) is 17.0. The van der Waals surface area contributed by atoms with Gasteiger partial charge in [-0.2, -0.15) is 0 Å². The fourth-order valence-electron chi connectivity index (χ4n) is 3.46. The molecule has 0 saturated carbocycles. The number of nitrogens with zero attached hydrogens (tertiary/aromatic N) is 4. The lowest BCUT2D eigenvalue weighted by Crippen LogP contribution is -2.27. The lowest BCUT2D eigenvalue weighted by atomic mass is 10.2. The lowest BCUT2D eigenvalue weighted by Gasteiger charge is -2.10. The van der Waals surface area contributed by atoms with E-state index in [4.69, 9.17) is 4.42 Å². The van der Waals surface area contributed by atoms with Crippen LogP contribution in [0.1, 0.15) is 17.1 Å². The number of benzene rings is 2. The number of aromatic nitrogens is 2. The number of thioether (sulfide) groups is 1. The van der Waals surface area contributed by atoms with Gasteiger partial charge < -0.3 is 14.8 Å². The molecule has 35 heavy (non-hydrogen) atoms. The van der Waals surface area contributed by atoms with Crippen LogP contribution in [0.3, 0.4) is 0 Å². The van der Waals surface area contributed by atoms with E-state index in [0.29, 0.717) is 33.1 Å². The molecule has 0 radical (unpaired) electrons. The van der Waals surface area contributed by atoms with Gasteiger partial charge in [0.15, 0.2) is 5.82 Å². The molecule has 0 unspecified atom stereocenters. The van der Waals surface area contributed by atoms with Crippen LogP contribution >= 0.6 is 11.8 Å². The van der Waals surface area contributed by atoms with Crippen molar-refractivity contribution in [2.75, 3.05) is 11.1 Å². The van der Waals surface area contributed by atoms with E-state index in [1.54, 1.807) is 42.5 Å². The summed E-state index contributed by atoms with van der Waals surface area (Å²) < 4.78 is 5.13. The molecule has 0 spiro atoms. The summed E-state index contributed by atoms with van der Waals surface area (Å²) in [6, 6.07) is 16.2. The largest absolute Gasteiger partial charge is 0.507 e. The molecule has 4 aromatic rings. The first-order valence-corrected chi connectivity index (χ1v) is 11.5. The maximum Gasteiger partial charge on any atom is 0.433 e. The number of phenols is 1. The summed E-state index contributed by atoms with van der Waals surface area (Å²) in [5, 5.41) is 25.0. The van der Waals surface area contributed by atoms with Gasteiger partial charge in [0.2, 0.25) is 0 Å². The van der Waals surface area contributed by atoms with Crippen molar-refractivity contribution in [3.05, 3.63) is 87.9 Å². The normalized spacial score (nSPS) is 15.4. The number of rotatable bonds is 6. The van der Waals surface area contributed by atoms with Gasteiger partial charge in [0, 0.05) is 16.7 Å². The van der Waals surface area contributed by atoms with Crippen LogP contribution in [0.15, 0.2) is 70.1 Å². The highest BCUT2D eigenvalue weighted by molar-refractivity contribution is 8.14. The number of anilines is 1. The van der Waals surface area contributed by atoms with Crippen molar-refractivity contribution < 1.29 is 19.2 Å². The van der Waals surface area contributed by atoms with Crippen LogP contribution in [-0.2, 0) is 4.79 Å². The average molecular weight is 487 g/mol. The minimum atomic E-state index is -0.647. The molecule has 0 saturated heterocycles. The number of hydrogen-bond acceptors (Lipinski definition) is 9. The number of phenolic OH excluding ortho intramolecular Hbond substituents is 1. The Morgan fingerprint density at radius 1 is 1.11 bits per heavy atom. The van der Waals surface area contributed by atoms with Gasteiger partial charge in [0.1, 0.15) is 33.3 Å². The summed E-state index contributed by atoms with van der Waals surface area (Å²) in [6.45, 7) is 0. The number of carbonyl (C=O) groups excluding carboxylic acids is 1. The summed E-state index contributed by atoms with van der Waals surface area (Å²) in [6.07, 6.45) is 3.06. The van der Waals surface area contributed by atoms with Gasteiger partial charge in [-0.1, -0.05) is 24.3 Å². The molecular weight excluding hydrogens is 470 g/mol. The fraction of sp³-hybridized carbons (Fsp3) is 0.0833. The highest BCUT2D eigenvalue weighted by Gasteiger charge is 2.27. The number of amides is 1. The van der Waals surface area contributed by atoms with Crippen LogP contribution < -0.4 is 5.32 Å². The van der Waals surface area contributed by atoms with Crippen LogP contribution in [0.5, 0.6) is 5.75 Å². The van der Waals surface area contributed by atoms with E-state index in [2.05, 4.69) is 20.3 Å². The van der Waals surface area contributed by atoms with Gasteiger partial charge >= 0.3 is 5.88 Å². The van der Waals surface area contributed by atoms with Crippen LogP contribution in [0.2, 0.25) is 0 Å². The summed E-state index contributed by atoms with van der Waals surface area (Å²) in [7, 11) is 0. The fourth-order valence-corrected chi connectivity index (χ4v) is 4.53. The van der Waals surface area contributed by atoms with E-state index in [9.17, 15) is 20.0 Å². The maximum atomic E-state index is 13.0. The van der Waals surface area contributed by atoms with Crippen molar-refractivity contribution in [3.63, 3.8) is 0 Å². The van der Waals surface area contributed by atoms with E-state index in [1.165, 1.54) is 30.0 Å². The summed E-state index contributed by atoms with van der Waals surface area (Å²) in [4.78, 5) is 36.6. The van der Waals surface area contributed by atoms with Crippen molar-refractivity contribution in [1.29, 1.82) is 0 Å². The van der Waals surface area contributed by atoms with Gasteiger partial charge in [-0.15, -0.1) is 11.8 Å². The highest BCUT2D eigenvalue weighted by Crippen LogP contribution is 2.29. The summed E-state index contributed by atoms with van der Waals surface area (Å²) in [5.41, 5.74) is 1.20. The molecule has 1 aliphatic heterocycles. The Hall–Kier alpha value is -4.51. The minimum absolute atomic E-state index is 0.111. The predicted octanol–water partition coefficient (Wildman–Crippen LogP) is 4.51. The molecule has 0 aliphatic carbocycles. The smallest absolute Gasteiger partial charge is 0.433 e. The van der Waals surface area contributed by atoms with Crippen LogP contribution in [0.4, 0.5) is 11.7 Å². The maximum absolute atomic E-state index is 13.0. The molecule has 1 amide bonds. The Morgan fingerprint density at radius 2 is 1.91 bits per heavy atom. The molecule has 10 nitrogen and oxygen atoms in total. The molecule has 1 aliphatic rings. The van der Waals surface area contributed by atoms with E-state index in [1.807, 2.05) is 12.1 Å². The van der Waals surface area contributed by atoms with Gasteiger partial charge in [-0.3, -0.25) is 19.9 Å². The molecule has 0 bridgehead atoms. The zero-order valence-corrected chi connectivity index (χ0v) is 18.8. The monoisotopic (exact) mass is 487 g/mol. The number of nitrogens with one attached hydrogen (secondary N) is 1. The van der Waals surface area contributed by atoms with Crippen LogP contribution in [-0.4, -0.2) is 42.7 Å². The molecule has 174 valence electrons. The number of hydrogen-bond donors (Lipinski definition) is 2. The number of aromatic hydroxyl groups is 1. The van der Waals surface area contributed by atoms with E-state index >= 15 is 0 Å². The predicted molar refractivity (Wildman–Crippen MR) is 133 cm³/mol. The number of carbonyl (C=O) groups is 1. The number of fused-ring (bicyclic) bond motifs is 1. The molecule has 11 heteroatoms. The minimum Gasteiger partial charge on any atom is -0.507 e. The van der Waals surface area contributed by atoms with Crippen molar-refractivity contribution in [2.24, 2.45) is 4.99 Å². The van der Waals surface area contributed by atoms with E-state index in [-0.39, 0.29) is 29.1 Å². The molecule has 1 atom stereocenters. The molecule has 2 aromatic heterocycles. The van der Waals surface area contributed by atoms with Gasteiger partial charge in [-0.05, 0) is 42.5 Å². The Bertz CT molecular complexity index is 1510. The number of aliphatic imine (C=N–C) groups is 1. The number of nitro groups is 1. The van der Waals surface area contributed by atoms with Crippen LogP contribution in [0, 0.1) is 10.1 Å². The Kier molecular flexibility index (Phi) is 5.98. The zero-order valence-electron chi connectivity index (χ0n) is 18.0. The van der Waals surface area contributed by atoms with Crippen molar-refractivity contribution in [1.82, 2.24) is 9.97 Å². The van der Waals surface area contributed by atoms with Gasteiger partial charge in [0.05, 0.1) is 11.6 Å². The average Bonchev–Trinajstić information content (AvgIpc) is 3.53. The standard InChI is InChI=1S/C24H17N5O5S/c30-19-8-4-2-6-16(19)24-26-18(13-35-24)23(31)28-22-15-5-1-3-7-17(15)25-20(27-22)11-9-14-10-12-21(34-14)29(32)33/h1-12,18,30H,13H2,(H,25,27,28,31)/t18-/m1/s1. The second kappa shape index (κ2) is 9.39. The SMILES string of the molecule is O=C(Nc1nc(C=Cc2ccc([N+](=O)[O-])o2)nc2ccccc12)[C@H]1CSC(c2ccccc2O)=N1. The van der Waals surface area contributed by atoms with E-state index < -0.39 is 11.0 Å². The molecule has 0 fully saturated rings. The second-order valence-corrected chi connectivity index (χ2v) is 8.49. The van der Waals surface area contributed by atoms with Crippen molar-refractivity contribution in [2.45, 2.75) is 6.04 Å². The Morgan fingerprint density at radius 3 is 2.71 bits per heavy atom. The molecule has 2 aromatic carbocycles. The molecule has 5 rings (SSSR count). The molecule has 2 N–H and O–H groups in total.